The van der Waals surface area contributed by atoms with Crippen LogP contribution in [0.3, 0.4) is 0 Å². The number of rotatable bonds is 11. The Hall–Kier alpha value is -2.04. The lowest BCUT2D eigenvalue weighted by atomic mass is 10.0. The topological polar surface area (TPSA) is 49.4 Å². The van der Waals surface area contributed by atoms with Gasteiger partial charge in [-0.1, -0.05) is 79.4 Å². The second-order valence-corrected chi connectivity index (χ2v) is 8.66. The first-order chi connectivity index (χ1) is 14.8. The molecule has 0 aliphatic heterocycles. The molecule has 2 aromatic rings. The zero-order chi connectivity index (χ0) is 22.8. The Bertz CT molecular complexity index is 868. The quantitative estimate of drug-likeness (QED) is 0.418. The number of amides is 2. The van der Waals surface area contributed by atoms with Crippen LogP contribution in [0.2, 0.25) is 10.0 Å². The van der Waals surface area contributed by atoms with Crippen LogP contribution in [-0.2, 0) is 22.6 Å². The summed E-state index contributed by atoms with van der Waals surface area (Å²) in [5.41, 5.74) is 3.06. The highest BCUT2D eigenvalue weighted by Gasteiger charge is 2.28. The molecule has 2 aromatic carbocycles. The zero-order valence-corrected chi connectivity index (χ0v) is 20.1. The average Bonchev–Trinajstić information content (AvgIpc) is 2.74. The fraction of sp³-hybridized carbons (Fsp3) is 0.440. The molecule has 0 saturated carbocycles. The first kappa shape index (κ1) is 25.2. The number of nitrogens with zero attached hydrogens (tertiary/aromatic N) is 1. The number of unbranched alkanes of at least 4 members (excludes halogenated alkanes) is 1. The van der Waals surface area contributed by atoms with Crippen LogP contribution < -0.4 is 5.32 Å². The van der Waals surface area contributed by atoms with Crippen LogP contribution in [0.1, 0.15) is 56.2 Å². The average molecular weight is 463 g/mol. The summed E-state index contributed by atoms with van der Waals surface area (Å²) >= 11 is 12.4. The van der Waals surface area contributed by atoms with Crippen LogP contribution in [0.25, 0.3) is 0 Å². The van der Waals surface area contributed by atoms with Crippen LogP contribution in [0, 0.1) is 6.92 Å². The van der Waals surface area contributed by atoms with E-state index in [1.54, 1.807) is 17.0 Å². The minimum atomic E-state index is -0.547. The van der Waals surface area contributed by atoms with Gasteiger partial charge in [0.05, 0.1) is 0 Å². The third kappa shape index (κ3) is 7.86. The predicted octanol–water partition coefficient (Wildman–Crippen LogP) is 5.96. The summed E-state index contributed by atoms with van der Waals surface area (Å²) in [4.78, 5) is 27.8. The number of carbonyl (C=O) groups is 2. The molecule has 2 rings (SSSR count). The van der Waals surface area contributed by atoms with Gasteiger partial charge in [0.2, 0.25) is 11.8 Å². The largest absolute Gasteiger partial charge is 0.354 e. The van der Waals surface area contributed by atoms with E-state index in [1.807, 2.05) is 44.2 Å². The zero-order valence-electron chi connectivity index (χ0n) is 18.6. The fourth-order valence-electron chi connectivity index (χ4n) is 3.41. The van der Waals surface area contributed by atoms with Gasteiger partial charge >= 0.3 is 0 Å². The maximum absolute atomic E-state index is 13.3. The Morgan fingerprint density at radius 3 is 2.39 bits per heavy atom. The van der Waals surface area contributed by atoms with E-state index >= 15 is 0 Å². The minimum Gasteiger partial charge on any atom is -0.354 e. The summed E-state index contributed by atoms with van der Waals surface area (Å²) in [6.07, 6.45) is 3.38. The number of aryl methyl sites for hydroxylation is 2. The Kier molecular flexibility index (Phi) is 10.4. The van der Waals surface area contributed by atoms with Crippen molar-refractivity contribution in [1.82, 2.24) is 10.2 Å². The summed E-state index contributed by atoms with van der Waals surface area (Å²) in [5.74, 6) is -0.186. The molecule has 6 heteroatoms. The second kappa shape index (κ2) is 12.7. The Balaban J connectivity index is 2.20. The number of halogens is 2. The lowest BCUT2D eigenvalue weighted by Crippen LogP contribution is -2.49. The Labute approximate surface area is 195 Å². The van der Waals surface area contributed by atoms with Crippen molar-refractivity contribution in [2.24, 2.45) is 0 Å². The maximum atomic E-state index is 13.3. The van der Waals surface area contributed by atoms with Crippen LogP contribution in [0.15, 0.2) is 42.5 Å². The van der Waals surface area contributed by atoms with Crippen molar-refractivity contribution in [1.29, 1.82) is 0 Å². The van der Waals surface area contributed by atoms with Crippen molar-refractivity contribution in [3.8, 4) is 0 Å². The van der Waals surface area contributed by atoms with Crippen LogP contribution in [0.4, 0.5) is 0 Å². The van der Waals surface area contributed by atoms with Gasteiger partial charge in [0.1, 0.15) is 6.04 Å². The molecule has 0 fully saturated rings. The van der Waals surface area contributed by atoms with Gasteiger partial charge < -0.3 is 10.2 Å². The third-order valence-corrected chi connectivity index (χ3v) is 5.91. The van der Waals surface area contributed by atoms with Crippen molar-refractivity contribution in [3.05, 3.63) is 69.2 Å². The van der Waals surface area contributed by atoms with E-state index in [0.717, 1.165) is 24.0 Å². The smallest absolute Gasteiger partial charge is 0.242 e. The minimum absolute atomic E-state index is 0.0657. The molecule has 0 heterocycles. The lowest BCUT2D eigenvalue weighted by Gasteiger charge is -2.31. The van der Waals surface area contributed by atoms with E-state index in [4.69, 9.17) is 23.2 Å². The molecule has 0 unspecified atom stereocenters. The molecular formula is C25H32Cl2N2O2. The van der Waals surface area contributed by atoms with Crippen LogP contribution in [-0.4, -0.2) is 29.3 Å². The maximum Gasteiger partial charge on any atom is 0.242 e. The molecular weight excluding hydrogens is 431 g/mol. The number of hydrogen-bond donors (Lipinski definition) is 1. The Morgan fingerprint density at radius 1 is 1.06 bits per heavy atom. The van der Waals surface area contributed by atoms with E-state index in [0.29, 0.717) is 35.9 Å². The molecule has 4 nitrogen and oxygen atoms in total. The molecule has 0 saturated heterocycles. The first-order valence-corrected chi connectivity index (χ1v) is 11.7. The molecule has 1 atom stereocenters. The Morgan fingerprint density at radius 2 is 1.77 bits per heavy atom. The van der Waals surface area contributed by atoms with E-state index in [2.05, 4.69) is 12.2 Å². The lowest BCUT2D eigenvalue weighted by molar-refractivity contribution is -0.141. The summed E-state index contributed by atoms with van der Waals surface area (Å²) in [5, 5.41) is 4.00. The number of nitrogens with one attached hydrogen (secondary N) is 1. The molecule has 0 aromatic heterocycles. The van der Waals surface area contributed by atoms with Gasteiger partial charge in [0.25, 0.3) is 0 Å². The molecule has 2 amide bonds. The number of carbonyl (C=O) groups excluding carboxylic acids is 2. The monoisotopic (exact) mass is 462 g/mol. The van der Waals surface area contributed by atoms with Crippen molar-refractivity contribution in [2.45, 2.75) is 65.5 Å². The van der Waals surface area contributed by atoms with Gasteiger partial charge in [0, 0.05) is 29.6 Å². The second-order valence-electron chi connectivity index (χ2n) is 7.81. The summed E-state index contributed by atoms with van der Waals surface area (Å²) in [6.45, 7) is 6.91. The van der Waals surface area contributed by atoms with Gasteiger partial charge in [-0.25, -0.2) is 0 Å². The molecule has 168 valence electrons. The van der Waals surface area contributed by atoms with Gasteiger partial charge in [-0.2, -0.15) is 0 Å². The van der Waals surface area contributed by atoms with Crippen molar-refractivity contribution >= 4 is 35.0 Å². The highest BCUT2D eigenvalue weighted by atomic mass is 35.5. The van der Waals surface area contributed by atoms with Crippen LogP contribution >= 0.6 is 23.2 Å². The van der Waals surface area contributed by atoms with Gasteiger partial charge in [0.15, 0.2) is 0 Å². The predicted molar refractivity (Wildman–Crippen MR) is 129 cm³/mol. The van der Waals surface area contributed by atoms with Gasteiger partial charge in [-0.15, -0.1) is 0 Å². The van der Waals surface area contributed by atoms with Gasteiger partial charge in [-0.05, 0) is 49.4 Å². The number of hydrogen-bond acceptors (Lipinski definition) is 2. The summed E-state index contributed by atoms with van der Waals surface area (Å²) < 4.78 is 0. The molecule has 0 aliphatic rings. The molecule has 31 heavy (non-hydrogen) atoms. The molecule has 0 spiro atoms. The molecule has 1 N–H and O–H groups in total. The van der Waals surface area contributed by atoms with E-state index < -0.39 is 6.04 Å². The SMILES string of the molecule is CCCCNC(=O)[C@@H](CC)N(Cc1ccc(Cl)cc1Cl)C(=O)CCc1ccc(C)cc1. The van der Waals surface area contributed by atoms with Crippen molar-refractivity contribution < 1.29 is 9.59 Å². The third-order valence-electron chi connectivity index (χ3n) is 5.32. The summed E-state index contributed by atoms with van der Waals surface area (Å²) in [7, 11) is 0. The van der Waals surface area contributed by atoms with E-state index in [1.165, 1.54) is 5.56 Å². The summed E-state index contributed by atoms with van der Waals surface area (Å²) in [6, 6.07) is 12.8. The highest BCUT2D eigenvalue weighted by molar-refractivity contribution is 6.35. The van der Waals surface area contributed by atoms with Crippen LogP contribution in [0.5, 0.6) is 0 Å². The number of benzene rings is 2. The fourth-order valence-corrected chi connectivity index (χ4v) is 3.88. The first-order valence-electron chi connectivity index (χ1n) is 10.9. The van der Waals surface area contributed by atoms with Crippen molar-refractivity contribution in [3.63, 3.8) is 0 Å². The van der Waals surface area contributed by atoms with Crippen molar-refractivity contribution in [2.75, 3.05) is 6.54 Å². The normalized spacial score (nSPS) is 11.8. The standard InChI is InChI=1S/C25H32Cl2N2O2/c1-4-6-15-28-25(31)23(5-2)29(17-20-12-13-21(26)16-22(20)27)24(30)14-11-19-9-7-18(3)8-10-19/h7-10,12-13,16,23H,4-6,11,14-15,17H2,1-3H3,(H,28,31)/t23-/m1/s1. The molecule has 0 bridgehead atoms. The van der Waals surface area contributed by atoms with Gasteiger partial charge in [-0.3, -0.25) is 9.59 Å². The molecule has 0 radical (unpaired) electrons. The molecule has 0 aliphatic carbocycles. The van der Waals surface area contributed by atoms with E-state index in [-0.39, 0.29) is 18.4 Å². The van der Waals surface area contributed by atoms with E-state index in [9.17, 15) is 9.59 Å². The highest BCUT2D eigenvalue weighted by Crippen LogP contribution is 2.24.